The summed E-state index contributed by atoms with van der Waals surface area (Å²) in [4.78, 5) is 29.3. The molecule has 0 heterocycles. The summed E-state index contributed by atoms with van der Waals surface area (Å²) >= 11 is 0. The van der Waals surface area contributed by atoms with Crippen LogP contribution in [-0.4, -0.2) is 28.2 Å². The van der Waals surface area contributed by atoms with Crippen molar-refractivity contribution in [2.45, 2.75) is 0 Å². The van der Waals surface area contributed by atoms with Gasteiger partial charge in [0.25, 0.3) is 0 Å². The van der Waals surface area contributed by atoms with Crippen LogP contribution >= 0.6 is 0 Å². The molecule has 0 aliphatic rings. The monoisotopic (exact) mass is 241 g/mol. The molecule has 0 aromatic rings. The maximum atomic E-state index is 7.33. The molecule has 1 radical (unpaired) electrons. The maximum absolute atomic E-state index is 7.33. The van der Waals surface area contributed by atoms with Crippen molar-refractivity contribution in [1.29, 1.82) is 0 Å². The van der Waals surface area contributed by atoms with Gasteiger partial charge in [-0.2, -0.15) is 0 Å². The molecule has 0 unspecified atom stereocenters. The minimum atomic E-state index is -4.61. The van der Waals surface area contributed by atoms with E-state index in [1.807, 2.05) is 0 Å². The van der Waals surface area contributed by atoms with E-state index in [0.717, 1.165) is 0 Å². The summed E-state index contributed by atoms with van der Waals surface area (Å²) in [6.45, 7) is 0. The summed E-state index contributed by atoms with van der Waals surface area (Å²) in [7, 11) is -4.61. The van der Waals surface area contributed by atoms with Gasteiger partial charge in [-0.05, 0) is 0 Å². The van der Waals surface area contributed by atoms with E-state index in [9.17, 15) is 0 Å². The molecular weight excluding hydrogens is 237 g/mol. The number of rotatable bonds is 0. The van der Waals surface area contributed by atoms with Gasteiger partial charge >= 0.3 is 9.05 Å². The van der Waals surface area contributed by atoms with Crippen LogP contribution in [0.25, 0.3) is 0 Å². The molecule has 0 fully saturated rings. The summed E-state index contributed by atoms with van der Waals surface area (Å²) in [5, 5.41) is 0. The third kappa shape index (κ3) is 53.6. The fourth-order valence-electron chi connectivity index (χ4n) is 0. The van der Waals surface area contributed by atoms with Crippen molar-refractivity contribution >= 4 is 9.05 Å². The Morgan fingerprint density at radius 3 is 0.833 bits per heavy atom. The molecule has 6 heavy (non-hydrogen) atoms. The van der Waals surface area contributed by atoms with Gasteiger partial charge in [0.2, 0.25) is 0 Å². The summed E-state index contributed by atoms with van der Waals surface area (Å²) in [6, 6.07) is 0. The molecule has 0 spiro atoms. The van der Waals surface area contributed by atoms with Crippen LogP contribution in [0.2, 0.25) is 0 Å². The Morgan fingerprint density at radius 1 is 0.833 bits per heavy atom. The Labute approximate surface area is 68.0 Å². The Balaban J connectivity index is 0. The topological polar surface area (TPSA) is 80.9 Å². The normalized spacial score (nSPS) is 10.0. The van der Waals surface area contributed by atoms with Crippen molar-refractivity contribution in [3.8, 4) is 0 Å². The molecule has 0 saturated carbocycles. The summed E-state index contributed by atoms with van der Waals surface area (Å²) < 4.78 is 0. The Bertz CT molecular complexity index is 23.0. The first-order chi connectivity index (χ1) is 2.00. The molecule has 0 aromatic heterocycles. The first-order valence-corrected chi connectivity index (χ1v) is 2.68. The molecular formula is H4O4PmSi. The van der Waals surface area contributed by atoms with Crippen LogP contribution in [0.15, 0.2) is 0 Å². The van der Waals surface area contributed by atoms with E-state index in [4.69, 9.17) is 19.2 Å². The standard InChI is InChI=1S/H4O4Si.Pm/c1-5(2,3)4;/h1-4H;. The van der Waals surface area contributed by atoms with Gasteiger partial charge in [0.05, 0.1) is 0 Å². The van der Waals surface area contributed by atoms with Gasteiger partial charge in [0, 0.05) is 40.4 Å². The fourth-order valence-corrected chi connectivity index (χ4v) is 0. The Hall–Kier alpha value is 1.39. The first-order valence-electron chi connectivity index (χ1n) is 0.894. The third-order valence-corrected chi connectivity index (χ3v) is 0. The largest absolute Gasteiger partial charge is 0.668 e. The molecule has 0 aromatic carbocycles. The van der Waals surface area contributed by atoms with E-state index in [0.29, 0.717) is 0 Å². The van der Waals surface area contributed by atoms with E-state index >= 15 is 0 Å². The summed E-state index contributed by atoms with van der Waals surface area (Å²) in [5.74, 6) is 0. The predicted octanol–water partition coefficient (Wildman–Crippen LogP) is -2.61. The van der Waals surface area contributed by atoms with Crippen molar-refractivity contribution in [1.82, 2.24) is 0 Å². The van der Waals surface area contributed by atoms with E-state index in [1.54, 1.807) is 0 Å². The molecule has 0 bridgehead atoms. The number of hydrogen-bond acceptors (Lipinski definition) is 4. The molecule has 4 N–H and O–H groups in total. The SMILES string of the molecule is O[Si](O)(O)O.[Pm]. The zero-order valence-electron chi connectivity index (χ0n) is 2.74. The quantitative estimate of drug-likeness (QED) is 0.350. The zero-order chi connectivity index (χ0) is 4.50. The Kier molecular flexibility index (Phi) is 5.89. The van der Waals surface area contributed by atoms with Gasteiger partial charge in [0.1, 0.15) is 0 Å². The average Bonchev–Trinajstić information content (AvgIpc) is 0.722. The predicted molar refractivity (Wildman–Crippen MR) is 14.6 cm³/mol. The molecule has 0 atom stereocenters. The Morgan fingerprint density at radius 2 is 0.833 bits per heavy atom. The molecule has 0 rings (SSSR count). The fraction of sp³-hybridized carbons (Fsp3) is 0. The second-order valence-electron chi connectivity index (χ2n) is 0.600. The minimum absolute atomic E-state index is 0. The van der Waals surface area contributed by atoms with Gasteiger partial charge in [0.15, 0.2) is 0 Å². The maximum Gasteiger partial charge on any atom is 0.668 e. The van der Waals surface area contributed by atoms with Crippen LogP contribution in [0.3, 0.4) is 0 Å². The summed E-state index contributed by atoms with van der Waals surface area (Å²) in [5.41, 5.74) is 0. The zero-order valence-corrected chi connectivity index (χ0v) is 6.61. The van der Waals surface area contributed by atoms with E-state index in [-0.39, 0.29) is 40.4 Å². The van der Waals surface area contributed by atoms with E-state index in [2.05, 4.69) is 0 Å². The number of hydrogen-bond donors (Lipinski definition) is 4. The van der Waals surface area contributed by atoms with Crippen molar-refractivity contribution in [3.05, 3.63) is 0 Å². The molecule has 0 aliphatic heterocycles. The van der Waals surface area contributed by atoms with Gasteiger partial charge < -0.3 is 19.2 Å². The minimum Gasteiger partial charge on any atom is -0.368 e. The van der Waals surface area contributed by atoms with E-state index < -0.39 is 9.05 Å². The molecule has 0 aliphatic carbocycles. The van der Waals surface area contributed by atoms with Gasteiger partial charge in [-0.3, -0.25) is 0 Å². The van der Waals surface area contributed by atoms with Crippen molar-refractivity contribution in [2.24, 2.45) is 0 Å². The van der Waals surface area contributed by atoms with Crippen LogP contribution in [0, 0.1) is 40.4 Å². The molecule has 6 heteroatoms. The van der Waals surface area contributed by atoms with Crippen molar-refractivity contribution in [3.63, 3.8) is 0 Å². The second kappa shape index (κ2) is 3.40. The molecule has 37 valence electrons. The van der Waals surface area contributed by atoms with Crippen molar-refractivity contribution < 1.29 is 59.6 Å². The first kappa shape index (κ1) is 10.4. The van der Waals surface area contributed by atoms with Crippen LogP contribution in [-0.2, 0) is 0 Å². The smallest absolute Gasteiger partial charge is 0.368 e. The van der Waals surface area contributed by atoms with Gasteiger partial charge in [-0.1, -0.05) is 0 Å². The van der Waals surface area contributed by atoms with E-state index in [1.165, 1.54) is 0 Å². The van der Waals surface area contributed by atoms with Gasteiger partial charge in [-0.25, -0.2) is 0 Å². The van der Waals surface area contributed by atoms with Crippen LogP contribution in [0.5, 0.6) is 0 Å². The molecule has 0 saturated heterocycles. The molecule has 4 nitrogen and oxygen atoms in total. The molecule has 0 amide bonds. The van der Waals surface area contributed by atoms with Crippen LogP contribution in [0.1, 0.15) is 0 Å². The third-order valence-electron chi connectivity index (χ3n) is 0. The second-order valence-corrected chi connectivity index (χ2v) is 1.80. The van der Waals surface area contributed by atoms with Crippen LogP contribution in [0.4, 0.5) is 0 Å². The van der Waals surface area contributed by atoms with Crippen LogP contribution < -0.4 is 0 Å². The van der Waals surface area contributed by atoms with Gasteiger partial charge in [-0.15, -0.1) is 0 Å². The summed E-state index contributed by atoms with van der Waals surface area (Å²) in [6.07, 6.45) is 0. The van der Waals surface area contributed by atoms with Crippen molar-refractivity contribution in [2.75, 3.05) is 0 Å². The average molecular weight is 241 g/mol.